The average molecular weight is 292 g/mol. The molecule has 0 radical (unpaired) electrons. The van der Waals surface area contributed by atoms with Crippen LogP contribution in [0.5, 0.6) is 0 Å². The molecular weight excluding hydrogens is 278 g/mol. The Morgan fingerprint density at radius 2 is 2.15 bits per heavy atom. The number of carbonyl (C=O) groups excluding carboxylic acids is 2. The number of amides is 2. The highest BCUT2D eigenvalue weighted by atomic mass is 35.5. The Balaban J connectivity index is 1.78. The number of halogens is 1. The first kappa shape index (κ1) is 12.4. The van der Waals surface area contributed by atoms with E-state index in [4.69, 9.17) is 16.3 Å². The highest BCUT2D eigenvalue weighted by Gasteiger charge is 2.67. The number of anilines is 1. The van der Waals surface area contributed by atoms with Crippen molar-refractivity contribution < 1.29 is 14.3 Å². The fourth-order valence-electron chi connectivity index (χ4n) is 3.95. The largest absolute Gasteiger partial charge is 0.370 e. The Morgan fingerprint density at radius 3 is 2.85 bits per heavy atom. The second-order valence-corrected chi connectivity index (χ2v) is 6.44. The molecular formula is C15H14ClNO3. The van der Waals surface area contributed by atoms with Gasteiger partial charge in [-0.3, -0.25) is 9.59 Å². The van der Waals surface area contributed by atoms with Crippen LogP contribution in [-0.2, 0) is 14.3 Å². The van der Waals surface area contributed by atoms with E-state index in [0.717, 1.165) is 12.8 Å². The predicted octanol–water partition coefficient (Wildman–Crippen LogP) is 2.40. The van der Waals surface area contributed by atoms with Crippen LogP contribution in [0.3, 0.4) is 0 Å². The number of rotatable bonds is 1. The number of hydrogen-bond donors (Lipinski definition) is 0. The molecule has 4 nitrogen and oxygen atoms in total. The van der Waals surface area contributed by atoms with Crippen LogP contribution in [-0.4, -0.2) is 23.5 Å². The first-order chi connectivity index (χ1) is 9.51. The first-order valence-electron chi connectivity index (χ1n) is 6.82. The van der Waals surface area contributed by atoms with Gasteiger partial charge in [-0.25, -0.2) is 4.90 Å². The van der Waals surface area contributed by atoms with Crippen molar-refractivity contribution in [2.75, 3.05) is 4.90 Å². The molecule has 2 bridgehead atoms. The molecule has 3 fully saturated rings. The number of nitrogens with zero attached hydrogens (tertiary/aromatic N) is 1. The monoisotopic (exact) mass is 291 g/mol. The smallest absolute Gasteiger partial charge is 0.240 e. The van der Waals surface area contributed by atoms with Gasteiger partial charge in [0.1, 0.15) is 0 Å². The summed E-state index contributed by atoms with van der Waals surface area (Å²) < 4.78 is 5.88. The summed E-state index contributed by atoms with van der Waals surface area (Å²) in [4.78, 5) is 26.6. The molecule has 0 unspecified atom stereocenters. The van der Waals surface area contributed by atoms with Crippen LogP contribution in [0.4, 0.5) is 5.69 Å². The summed E-state index contributed by atoms with van der Waals surface area (Å²) in [6.07, 6.45) is 1.60. The Labute approximate surface area is 121 Å². The van der Waals surface area contributed by atoms with E-state index in [0.29, 0.717) is 10.7 Å². The van der Waals surface area contributed by atoms with Crippen LogP contribution in [0.1, 0.15) is 19.8 Å². The molecule has 1 aromatic carbocycles. The number of benzene rings is 1. The number of carbonyl (C=O) groups is 2. The van der Waals surface area contributed by atoms with E-state index < -0.39 is 5.60 Å². The Bertz CT molecular complexity index is 631. The van der Waals surface area contributed by atoms with Gasteiger partial charge in [-0.15, -0.1) is 0 Å². The highest BCUT2D eigenvalue weighted by molar-refractivity contribution is 6.31. The number of hydrogen-bond acceptors (Lipinski definition) is 3. The van der Waals surface area contributed by atoms with E-state index in [1.54, 1.807) is 24.3 Å². The number of imide groups is 1. The lowest BCUT2D eigenvalue weighted by Crippen LogP contribution is -2.39. The lowest BCUT2D eigenvalue weighted by Gasteiger charge is -2.26. The van der Waals surface area contributed by atoms with Gasteiger partial charge in [0.15, 0.2) is 0 Å². The predicted molar refractivity (Wildman–Crippen MR) is 73.4 cm³/mol. The summed E-state index contributed by atoms with van der Waals surface area (Å²) in [6, 6.07) is 6.88. The van der Waals surface area contributed by atoms with E-state index in [1.807, 2.05) is 6.92 Å². The quantitative estimate of drug-likeness (QED) is 0.747. The Morgan fingerprint density at radius 1 is 1.35 bits per heavy atom. The molecule has 3 aliphatic heterocycles. The topological polar surface area (TPSA) is 46.6 Å². The van der Waals surface area contributed by atoms with Gasteiger partial charge in [0, 0.05) is 5.02 Å². The summed E-state index contributed by atoms with van der Waals surface area (Å²) in [7, 11) is 0. The zero-order valence-electron chi connectivity index (χ0n) is 11.0. The molecule has 20 heavy (non-hydrogen) atoms. The van der Waals surface area contributed by atoms with E-state index >= 15 is 0 Å². The van der Waals surface area contributed by atoms with Crippen molar-refractivity contribution in [2.45, 2.75) is 31.5 Å². The van der Waals surface area contributed by atoms with Gasteiger partial charge in [-0.2, -0.15) is 0 Å². The van der Waals surface area contributed by atoms with Crippen LogP contribution < -0.4 is 4.90 Å². The van der Waals surface area contributed by atoms with Crippen molar-refractivity contribution >= 4 is 29.1 Å². The van der Waals surface area contributed by atoms with Gasteiger partial charge in [-0.1, -0.05) is 17.7 Å². The fraction of sp³-hybridized carbons (Fsp3) is 0.467. The van der Waals surface area contributed by atoms with Crippen molar-refractivity contribution in [2.24, 2.45) is 11.8 Å². The van der Waals surface area contributed by atoms with Crippen molar-refractivity contribution in [1.82, 2.24) is 0 Å². The molecule has 0 aliphatic carbocycles. The molecule has 0 saturated carbocycles. The van der Waals surface area contributed by atoms with Crippen LogP contribution in [0.25, 0.3) is 0 Å². The average Bonchev–Trinajstić information content (AvgIpc) is 2.99. The molecule has 0 spiro atoms. The van der Waals surface area contributed by atoms with Crippen LogP contribution in [0.15, 0.2) is 24.3 Å². The lowest BCUT2D eigenvalue weighted by molar-refractivity contribution is -0.126. The molecule has 0 N–H and O–H groups in total. The summed E-state index contributed by atoms with van der Waals surface area (Å²) in [5.41, 5.74) is 0.0833. The van der Waals surface area contributed by atoms with Crippen molar-refractivity contribution in [3.63, 3.8) is 0 Å². The zero-order chi connectivity index (χ0) is 14.1. The normalized spacial score (nSPS) is 38.7. The molecule has 5 heteroatoms. The van der Waals surface area contributed by atoms with Crippen LogP contribution >= 0.6 is 11.6 Å². The minimum atomic E-state index is -0.477. The molecule has 2 amide bonds. The highest BCUT2D eigenvalue weighted by Crippen LogP contribution is 2.55. The third kappa shape index (κ3) is 1.41. The minimum Gasteiger partial charge on any atom is -0.370 e. The summed E-state index contributed by atoms with van der Waals surface area (Å²) in [5, 5.41) is 0.519. The molecule has 104 valence electrons. The summed E-state index contributed by atoms with van der Waals surface area (Å²) in [5.74, 6) is -0.948. The van der Waals surface area contributed by atoms with E-state index in [-0.39, 0.29) is 29.8 Å². The number of ether oxygens (including phenoxy) is 1. The Kier molecular flexibility index (Phi) is 2.37. The maximum atomic E-state index is 12.7. The van der Waals surface area contributed by atoms with Gasteiger partial charge in [-0.05, 0) is 38.0 Å². The van der Waals surface area contributed by atoms with Crippen molar-refractivity contribution in [3.8, 4) is 0 Å². The zero-order valence-corrected chi connectivity index (χ0v) is 11.8. The maximum absolute atomic E-state index is 12.7. The fourth-order valence-corrected chi connectivity index (χ4v) is 4.14. The maximum Gasteiger partial charge on any atom is 0.240 e. The second-order valence-electron chi connectivity index (χ2n) is 6.00. The minimum absolute atomic E-state index is 0.106. The third-order valence-electron chi connectivity index (χ3n) is 4.82. The third-order valence-corrected chi connectivity index (χ3v) is 5.06. The molecule has 4 rings (SSSR count). The molecule has 3 saturated heterocycles. The molecule has 1 aromatic rings. The first-order valence-corrected chi connectivity index (χ1v) is 7.20. The SMILES string of the molecule is C[C@]12CC[C@H](O1)[C@H]1C(=O)N(c3cccc(Cl)c3)C(=O)[C@H]12. The van der Waals surface area contributed by atoms with Gasteiger partial charge in [0.05, 0.1) is 29.2 Å². The van der Waals surface area contributed by atoms with E-state index in [1.165, 1.54) is 4.90 Å². The summed E-state index contributed by atoms with van der Waals surface area (Å²) in [6.45, 7) is 1.95. The lowest BCUT2D eigenvalue weighted by atomic mass is 9.74. The molecule has 4 atom stereocenters. The van der Waals surface area contributed by atoms with Gasteiger partial charge in [0.25, 0.3) is 0 Å². The van der Waals surface area contributed by atoms with E-state index in [9.17, 15) is 9.59 Å². The summed E-state index contributed by atoms with van der Waals surface area (Å²) >= 11 is 5.96. The molecule has 0 aromatic heterocycles. The standard InChI is InChI=1S/C15H14ClNO3/c1-15-6-5-10(20-15)11-12(15)14(19)17(13(11)18)9-4-2-3-8(16)7-9/h2-4,7,10-12H,5-6H2,1H3/t10-,11+,12-,15+/m0/s1. The van der Waals surface area contributed by atoms with Gasteiger partial charge < -0.3 is 4.74 Å². The molecule has 3 heterocycles. The van der Waals surface area contributed by atoms with Gasteiger partial charge >= 0.3 is 0 Å². The van der Waals surface area contributed by atoms with Crippen molar-refractivity contribution in [1.29, 1.82) is 0 Å². The second kappa shape index (κ2) is 3.83. The Hall–Kier alpha value is -1.39. The van der Waals surface area contributed by atoms with Crippen molar-refractivity contribution in [3.05, 3.63) is 29.3 Å². The number of fused-ring (bicyclic) bond motifs is 5. The van der Waals surface area contributed by atoms with Crippen LogP contribution in [0.2, 0.25) is 5.02 Å². The van der Waals surface area contributed by atoms with Crippen LogP contribution in [0, 0.1) is 11.8 Å². The molecule has 3 aliphatic rings. The van der Waals surface area contributed by atoms with Gasteiger partial charge in [0.2, 0.25) is 11.8 Å². The van der Waals surface area contributed by atoms with E-state index in [2.05, 4.69) is 0 Å².